The van der Waals surface area contributed by atoms with Gasteiger partial charge in [-0.1, -0.05) is 0 Å². The molecule has 1 saturated heterocycles. The molecule has 2 atom stereocenters. The summed E-state index contributed by atoms with van der Waals surface area (Å²) in [5.41, 5.74) is 2.05. The van der Waals surface area contributed by atoms with Crippen LogP contribution in [0.2, 0.25) is 0 Å². The topological polar surface area (TPSA) is 97.6 Å². The summed E-state index contributed by atoms with van der Waals surface area (Å²) in [5, 5.41) is 6.50. The largest absolute Gasteiger partial charge is 0.481 e. The molecule has 1 aromatic carbocycles. The highest BCUT2D eigenvalue weighted by Crippen LogP contribution is 2.29. The van der Waals surface area contributed by atoms with Crippen molar-refractivity contribution in [2.24, 2.45) is 0 Å². The first-order valence-electron chi connectivity index (χ1n) is 10.4. The third-order valence-electron chi connectivity index (χ3n) is 5.73. The normalized spacial score (nSPS) is 20.3. The molecule has 7 nitrogen and oxygen atoms in total. The van der Waals surface area contributed by atoms with Crippen molar-refractivity contribution >= 4 is 22.8 Å². The number of rotatable bonds is 4. The zero-order chi connectivity index (χ0) is 20.4. The van der Waals surface area contributed by atoms with Crippen molar-refractivity contribution in [1.82, 2.24) is 10.6 Å². The number of benzene rings is 1. The van der Waals surface area contributed by atoms with E-state index in [9.17, 15) is 14.4 Å². The molecule has 0 spiro atoms. The molecule has 154 valence electrons. The van der Waals surface area contributed by atoms with Gasteiger partial charge >= 0.3 is 5.63 Å². The second-order valence-corrected chi connectivity index (χ2v) is 7.82. The van der Waals surface area contributed by atoms with Gasteiger partial charge in [-0.15, -0.1) is 0 Å². The summed E-state index contributed by atoms with van der Waals surface area (Å²) in [7, 11) is 0. The van der Waals surface area contributed by atoms with E-state index < -0.39 is 12.1 Å². The molecule has 2 N–H and O–H groups in total. The van der Waals surface area contributed by atoms with Crippen molar-refractivity contribution < 1.29 is 18.7 Å². The van der Waals surface area contributed by atoms with Crippen LogP contribution in [0.4, 0.5) is 0 Å². The van der Waals surface area contributed by atoms with Crippen LogP contribution in [0, 0.1) is 0 Å². The summed E-state index contributed by atoms with van der Waals surface area (Å²) in [4.78, 5) is 36.8. The third kappa shape index (κ3) is 4.13. The lowest BCUT2D eigenvalue weighted by Gasteiger charge is -2.20. The molecule has 2 amide bonds. The average molecular weight is 398 g/mol. The molecular formula is C22H26N2O5. The highest BCUT2D eigenvalue weighted by molar-refractivity contribution is 5.89. The van der Waals surface area contributed by atoms with Crippen LogP contribution in [0.1, 0.15) is 50.2 Å². The highest BCUT2D eigenvalue weighted by atomic mass is 16.5. The Bertz CT molecular complexity index is 997. The first-order chi connectivity index (χ1) is 14.0. The molecule has 0 bridgehead atoms. The number of hydrogen-bond acceptors (Lipinski definition) is 5. The molecule has 0 radical (unpaired) electrons. The van der Waals surface area contributed by atoms with Gasteiger partial charge in [0.15, 0.2) is 6.10 Å². The van der Waals surface area contributed by atoms with Crippen LogP contribution in [0.25, 0.3) is 11.0 Å². The lowest BCUT2D eigenvalue weighted by molar-refractivity contribution is -0.132. The number of aryl methyl sites for hydroxylation is 1. The minimum atomic E-state index is -0.784. The first-order valence-corrected chi connectivity index (χ1v) is 10.4. The maximum Gasteiger partial charge on any atom is 0.339 e. The average Bonchev–Trinajstić information content (AvgIpc) is 2.92. The van der Waals surface area contributed by atoms with Gasteiger partial charge in [-0.05, 0) is 69.6 Å². The number of carbonyl (C=O) groups is 2. The van der Waals surface area contributed by atoms with Crippen molar-refractivity contribution in [3.63, 3.8) is 0 Å². The Hall–Kier alpha value is -2.83. The number of amides is 2. The lowest BCUT2D eigenvalue weighted by Crippen LogP contribution is -2.49. The van der Waals surface area contributed by atoms with Crippen LogP contribution in [0.5, 0.6) is 5.75 Å². The molecule has 1 aliphatic heterocycles. The molecule has 7 heteroatoms. The molecule has 1 aromatic heterocycles. The standard InChI is InChI=1S/C22H26N2O5/c1-13(20(25)24-18-8-4-5-11-23-21(18)26)28-14-9-10-16-15-6-2-3-7-17(15)22(27)29-19(16)12-14/h9-10,12-13,18H,2-8,11H2,1H3,(H,23,26)(H,24,25). The predicted molar refractivity (Wildman–Crippen MR) is 108 cm³/mol. The SMILES string of the molecule is CC(Oc1ccc2c3c(c(=O)oc2c1)CCCC3)C(=O)NC1CCCCNC1=O. The monoisotopic (exact) mass is 398 g/mol. The molecular weight excluding hydrogens is 372 g/mol. The first kappa shape index (κ1) is 19.5. The van der Waals surface area contributed by atoms with E-state index in [1.165, 1.54) is 0 Å². The summed E-state index contributed by atoms with van der Waals surface area (Å²) in [6, 6.07) is 4.81. The van der Waals surface area contributed by atoms with Crippen molar-refractivity contribution in [1.29, 1.82) is 0 Å². The van der Waals surface area contributed by atoms with Gasteiger partial charge in [0.1, 0.15) is 17.4 Å². The van der Waals surface area contributed by atoms with Crippen molar-refractivity contribution in [3.8, 4) is 5.75 Å². The van der Waals surface area contributed by atoms with E-state index in [0.717, 1.165) is 55.0 Å². The molecule has 0 saturated carbocycles. The Morgan fingerprint density at radius 3 is 2.79 bits per heavy atom. The summed E-state index contributed by atoms with van der Waals surface area (Å²) in [6.45, 7) is 2.28. The fourth-order valence-electron chi connectivity index (χ4n) is 4.12. The maximum atomic E-state index is 12.5. The Kier molecular flexibility index (Phi) is 5.56. The third-order valence-corrected chi connectivity index (χ3v) is 5.73. The lowest BCUT2D eigenvalue weighted by atomic mass is 9.91. The van der Waals surface area contributed by atoms with Crippen molar-refractivity contribution in [2.75, 3.05) is 6.54 Å². The fourth-order valence-corrected chi connectivity index (χ4v) is 4.12. The maximum absolute atomic E-state index is 12.5. The number of nitrogens with one attached hydrogen (secondary N) is 2. The minimum Gasteiger partial charge on any atom is -0.481 e. The molecule has 1 fully saturated rings. The smallest absolute Gasteiger partial charge is 0.339 e. The van der Waals surface area contributed by atoms with E-state index in [2.05, 4.69) is 10.6 Å². The molecule has 2 aliphatic rings. The van der Waals surface area contributed by atoms with Gasteiger partial charge in [0, 0.05) is 23.6 Å². The molecule has 4 rings (SSSR count). The Balaban J connectivity index is 1.49. The number of hydrogen-bond donors (Lipinski definition) is 2. The van der Waals surface area contributed by atoms with Gasteiger partial charge in [-0.3, -0.25) is 9.59 Å². The summed E-state index contributed by atoms with van der Waals surface area (Å²) >= 11 is 0. The quantitative estimate of drug-likeness (QED) is 0.770. The predicted octanol–water partition coefficient (Wildman–Crippen LogP) is 2.22. The highest BCUT2D eigenvalue weighted by Gasteiger charge is 2.25. The zero-order valence-corrected chi connectivity index (χ0v) is 16.6. The zero-order valence-electron chi connectivity index (χ0n) is 16.6. The van der Waals surface area contributed by atoms with Crippen molar-refractivity contribution in [3.05, 3.63) is 39.7 Å². The molecule has 2 unspecified atom stereocenters. The molecule has 1 aliphatic carbocycles. The Labute approximate surface area is 168 Å². The molecule has 2 heterocycles. The van der Waals surface area contributed by atoms with E-state index in [1.807, 2.05) is 6.07 Å². The van der Waals surface area contributed by atoms with Gasteiger partial charge in [0.25, 0.3) is 5.91 Å². The fraction of sp³-hybridized carbons (Fsp3) is 0.500. The Morgan fingerprint density at radius 1 is 1.17 bits per heavy atom. The van der Waals surface area contributed by atoms with Crippen LogP contribution in [-0.2, 0) is 22.4 Å². The summed E-state index contributed by atoms with van der Waals surface area (Å²) < 4.78 is 11.3. The summed E-state index contributed by atoms with van der Waals surface area (Å²) in [6.07, 6.45) is 5.34. The van der Waals surface area contributed by atoms with Gasteiger partial charge in [0.2, 0.25) is 5.91 Å². The van der Waals surface area contributed by atoms with E-state index >= 15 is 0 Å². The van der Waals surface area contributed by atoms with E-state index in [4.69, 9.17) is 9.15 Å². The Morgan fingerprint density at radius 2 is 1.97 bits per heavy atom. The van der Waals surface area contributed by atoms with E-state index in [0.29, 0.717) is 24.3 Å². The number of carbonyl (C=O) groups excluding carboxylic acids is 2. The van der Waals surface area contributed by atoms with Crippen LogP contribution >= 0.6 is 0 Å². The second-order valence-electron chi connectivity index (χ2n) is 7.82. The van der Waals surface area contributed by atoms with Gasteiger partial charge in [0.05, 0.1) is 0 Å². The van der Waals surface area contributed by atoms with Crippen molar-refractivity contribution in [2.45, 2.75) is 64.0 Å². The van der Waals surface area contributed by atoms with Gasteiger partial charge in [-0.25, -0.2) is 4.79 Å². The molecule has 2 aromatic rings. The molecule has 29 heavy (non-hydrogen) atoms. The van der Waals surface area contributed by atoms with Gasteiger partial charge < -0.3 is 19.8 Å². The number of ether oxygens (including phenoxy) is 1. The van der Waals surface area contributed by atoms with Crippen LogP contribution in [0.3, 0.4) is 0 Å². The van der Waals surface area contributed by atoms with Gasteiger partial charge in [-0.2, -0.15) is 0 Å². The minimum absolute atomic E-state index is 0.152. The second kappa shape index (κ2) is 8.27. The van der Waals surface area contributed by atoms with Crippen LogP contribution in [-0.4, -0.2) is 30.5 Å². The van der Waals surface area contributed by atoms with E-state index in [1.54, 1.807) is 19.1 Å². The summed E-state index contributed by atoms with van der Waals surface area (Å²) in [5.74, 6) is -0.0521. The van der Waals surface area contributed by atoms with E-state index in [-0.39, 0.29) is 17.4 Å². The van der Waals surface area contributed by atoms with Crippen LogP contribution < -0.4 is 21.0 Å². The van der Waals surface area contributed by atoms with Crippen LogP contribution in [0.15, 0.2) is 27.4 Å². The number of fused-ring (bicyclic) bond motifs is 3.